The van der Waals surface area contributed by atoms with Crippen molar-refractivity contribution in [1.29, 1.82) is 5.41 Å². The van der Waals surface area contributed by atoms with Gasteiger partial charge in [-0.2, -0.15) is 4.47 Å². The number of benzene rings is 1. The molecular formula is C12H15BrN2OS. The summed E-state index contributed by atoms with van der Waals surface area (Å²) in [5.74, 6) is 0.103. The molecule has 0 saturated carbocycles. The predicted molar refractivity (Wildman–Crippen MR) is 75.4 cm³/mol. The fourth-order valence-electron chi connectivity index (χ4n) is 1.04. The Morgan fingerprint density at radius 1 is 1.29 bits per heavy atom. The normalized spacial score (nSPS) is 9.94. The zero-order valence-corrected chi connectivity index (χ0v) is 12.4. The summed E-state index contributed by atoms with van der Waals surface area (Å²) in [6.07, 6.45) is 0. The van der Waals surface area contributed by atoms with Gasteiger partial charge in [-0.3, -0.25) is 10.6 Å². The van der Waals surface area contributed by atoms with E-state index in [9.17, 15) is 5.21 Å². The Balaban J connectivity index is 2.81. The summed E-state index contributed by atoms with van der Waals surface area (Å²) in [5, 5.41) is 17.7. The van der Waals surface area contributed by atoms with Crippen LogP contribution in [0, 0.1) is 5.41 Å². The lowest BCUT2D eigenvalue weighted by atomic mass is 10.2. The van der Waals surface area contributed by atoms with E-state index >= 15 is 0 Å². The molecule has 0 aliphatic rings. The van der Waals surface area contributed by atoms with Crippen molar-refractivity contribution in [3.05, 3.63) is 39.9 Å². The van der Waals surface area contributed by atoms with Crippen LogP contribution < -0.4 is 0 Å². The van der Waals surface area contributed by atoms with E-state index in [1.165, 1.54) is 0 Å². The molecule has 0 fully saturated rings. The van der Waals surface area contributed by atoms with Crippen LogP contribution in [-0.4, -0.2) is 15.5 Å². The Hall–Kier alpha value is -0.780. The first kappa shape index (κ1) is 14.3. The Bertz CT molecular complexity index is 456. The molecule has 0 radical (unpaired) electrons. The third-order valence-electron chi connectivity index (χ3n) is 2.32. The second-order valence-corrected chi connectivity index (χ2v) is 5.59. The lowest BCUT2D eigenvalue weighted by Gasteiger charge is -2.17. The van der Waals surface area contributed by atoms with Crippen LogP contribution in [0.1, 0.15) is 20.8 Å². The van der Waals surface area contributed by atoms with Gasteiger partial charge in [-0.25, -0.2) is 0 Å². The van der Waals surface area contributed by atoms with Crippen LogP contribution in [0.25, 0.3) is 0 Å². The van der Waals surface area contributed by atoms with E-state index < -0.39 is 0 Å². The molecule has 1 aromatic carbocycles. The highest BCUT2D eigenvalue weighted by molar-refractivity contribution is 9.10. The highest BCUT2D eigenvalue weighted by Gasteiger charge is 2.13. The summed E-state index contributed by atoms with van der Waals surface area (Å²) < 4.78 is 1.77. The van der Waals surface area contributed by atoms with Gasteiger partial charge < -0.3 is 0 Å². The molecule has 1 rings (SSSR count). The zero-order chi connectivity index (χ0) is 13.0. The fraction of sp³-hybridized carbons (Fsp3) is 0.250. The SMILES string of the molecule is CC(C)=C(C)C(=N)N(O)Sc1ccccc1Br. The van der Waals surface area contributed by atoms with E-state index in [-0.39, 0.29) is 5.84 Å². The third kappa shape index (κ3) is 3.87. The van der Waals surface area contributed by atoms with Gasteiger partial charge in [-0.1, -0.05) is 17.7 Å². The number of hydroxylamine groups is 1. The molecular weight excluding hydrogens is 300 g/mol. The Kier molecular flexibility index (Phi) is 5.24. The van der Waals surface area contributed by atoms with Gasteiger partial charge in [0.05, 0.1) is 0 Å². The van der Waals surface area contributed by atoms with Crippen LogP contribution >= 0.6 is 27.9 Å². The molecule has 5 heteroatoms. The quantitative estimate of drug-likeness (QED) is 0.374. The van der Waals surface area contributed by atoms with E-state index in [2.05, 4.69) is 15.9 Å². The first-order valence-corrected chi connectivity index (χ1v) is 6.64. The van der Waals surface area contributed by atoms with Gasteiger partial charge in [0.25, 0.3) is 0 Å². The van der Waals surface area contributed by atoms with Gasteiger partial charge in [0, 0.05) is 21.3 Å². The number of nitrogens with zero attached hydrogens (tertiary/aromatic N) is 1. The molecule has 2 N–H and O–H groups in total. The molecule has 0 aliphatic heterocycles. The molecule has 92 valence electrons. The van der Waals surface area contributed by atoms with E-state index in [0.29, 0.717) is 0 Å². The maximum absolute atomic E-state index is 9.83. The van der Waals surface area contributed by atoms with Crippen LogP contribution in [0.15, 0.2) is 44.8 Å². The number of hydrogen-bond donors (Lipinski definition) is 2. The van der Waals surface area contributed by atoms with Crippen LogP contribution in [-0.2, 0) is 0 Å². The maximum atomic E-state index is 9.83. The predicted octanol–water partition coefficient (Wildman–Crippen LogP) is 4.48. The second kappa shape index (κ2) is 6.23. The topological polar surface area (TPSA) is 47.3 Å². The summed E-state index contributed by atoms with van der Waals surface area (Å²) in [6.45, 7) is 5.66. The lowest BCUT2D eigenvalue weighted by molar-refractivity contribution is 0.0935. The van der Waals surface area contributed by atoms with Gasteiger partial charge in [-0.05, 0) is 54.4 Å². The first-order chi connectivity index (χ1) is 7.93. The third-order valence-corrected chi connectivity index (χ3v) is 4.18. The van der Waals surface area contributed by atoms with Crippen LogP contribution in [0.2, 0.25) is 0 Å². The van der Waals surface area contributed by atoms with Gasteiger partial charge in [0.1, 0.15) is 0 Å². The van der Waals surface area contributed by atoms with Crippen molar-refractivity contribution >= 4 is 33.7 Å². The van der Waals surface area contributed by atoms with Crippen molar-refractivity contribution in [2.45, 2.75) is 25.7 Å². The average Bonchev–Trinajstić information content (AvgIpc) is 2.30. The number of rotatable bonds is 3. The number of allylic oxidation sites excluding steroid dienone is 1. The summed E-state index contributed by atoms with van der Waals surface area (Å²) in [7, 11) is 0. The molecule has 17 heavy (non-hydrogen) atoms. The summed E-state index contributed by atoms with van der Waals surface area (Å²) in [5.41, 5.74) is 1.79. The minimum Gasteiger partial charge on any atom is -0.282 e. The van der Waals surface area contributed by atoms with Gasteiger partial charge in [0.15, 0.2) is 5.84 Å². The van der Waals surface area contributed by atoms with Gasteiger partial charge >= 0.3 is 0 Å². The Labute approximate surface area is 114 Å². The highest BCUT2D eigenvalue weighted by Crippen LogP contribution is 2.29. The molecule has 3 nitrogen and oxygen atoms in total. The molecule has 0 amide bonds. The van der Waals surface area contributed by atoms with Crippen LogP contribution in [0.4, 0.5) is 0 Å². The van der Waals surface area contributed by atoms with Gasteiger partial charge in [0.2, 0.25) is 0 Å². The van der Waals surface area contributed by atoms with Crippen molar-refractivity contribution in [3.8, 4) is 0 Å². The molecule has 0 unspecified atom stereocenters. The smallest absolute Gasteiger partial charge is 0.160 e. The lowest BCUT2D eigenvalue weighted by Crippen LogP contribution is -2.20. The molecule has 0 aliphatic carbocycles. The first-order valence-electron chi connectivity index (χ1n) is 5.08. The van der Waals surface area contributed by atoms with Crippen molar-refractivity contribution in [2.24, 2.45) is 0 Å². The van der Waals surface area contributed by atoms with E-state index in [1.54, 1.807) is 0 Å². The van der Waals surface area contributed by atoms with E-state index in [4.69, 9.17) is 5.41 Å². The largest absolute Gasteiger partial charge is 0.282 e. The van der Waals surface area contributed by atoms with E-state index in [1.807, 2.05) is 45.0 Å². The monoisotopic (exact) mass is 314 g/mol. The summed E-state index contributed by atoms with van der Waals surface area (Å²) in [6, 6.07) is 7.57. The van der Waals surface area contributed by atoms with Crippen LogP contribution in [0.5, 0.6) is 0 Å². The average molecular weight is 315 g/mol. The van der Waals surface area contributed by atoms with E-state index in [0.717, 1.165) is 36.9 Å². The van der Waals surface area contributed by atoms with Crippen molar-refractivity contribution in [2.75, 3.05) is 0 Å². The molecule has 0 atom stereocenters. The summed E-state index contributed by atoms with van der Waals surface area (Å²) >= 11 is 4.51. The van der Waals surface area contributed by atoms with Crippen molar-refractivity contribution < 1.29 is 5.21 Å². The number of amidine groups is 1. The van der Waals surface area contributed by atoms with Crippen molar-refractivity contribution in [1.82, 2.24) is 4.47 Å². The van der Waals surface area contributed by atoms with Gasteiger partial charge in [-0.15, -0.1) is 0 Å². The van der Waals surface area contributed by atoms with Crippen molar-refractivity contribution in [3.63, 3.8) is 0 Å². The van der Waals surface area contributed by atoms with Crippen LogP contribution in [0.3, 0.4) is 0 Å². The molecule has 0 heterocycles. The molecule has 0 aromatic heterocycles. The fourth-order valence-corrected chi connectivity index (χ4v) is 2.25. The number of hydrogen-bond acceptors (Lipinski definition) is 3. The second-order valence-electron chi connectivity index (χ2n) is 3.77. The molecule has 0 spiro atoms. The molecule has 0 saturated heterocycles. The highest BCUT2D eigenvalue weighted by atomic mass is 79.9. The number of halogens is 1. The Morgan fingerprint density at radius 3 is 2.41 bits per heavy atom. The minimum absolute atomic E-state index is 0.103. The minimum atomic E-state index is 0.103. The number of nitrogens with one attached hydrogen (secondary N) is 1. The standard InChI is InChI=1S/C12H15BrN2OS/c1-8(2)9(3)12(14)15(16)17-11-7-5-4-6-10(11)13/h4-7,14,16H,1-3H3. The Morgan fingerprint density at radius 2 is 1.88 bits per heavy atom. The maximum Gasteiger partial charge on any atom is 0.160 e. The molecule has 1 aromatic rings. The summed E-state index contributed by atoms with van der Waals surface area (Å²) in [4.78, 5) is 0.862. The zero-order valence-electron chi connectivity index (χ0n) is 9.99. The molecule has 0 bridgehead atoms.